The molecule has 0 amide bonds. The molecule has 0 aliphatic rings. The minimum Gasteiger partial charge on any atom is -0.281 e. The second-order valence-electron chi connectivity index (χ2n) is 2.44. The summed E-state index contributed by atoms with van der Waals surface area (Å²) in [6, 6.07) is 9.86. The average molecular weight is 295 g/mol. The van der Waals surface area contributed by atoms with E-state index in [0.717, 1.165) is 5.56 Å². The number of alkyl halides is 1. The Morgan fingerprint density at radius 3 is 2.50 bits per heavy atom. The summed E-state index contributed by atoms with van der Waals surface area (Å²) in [5.74, 6) is 0. The van der Waals surface area contributed by atoms with Gasteiger partial charge in [0.2, 0.25) is 5.24 Å². The lowest BCUT2D eigenvalue weighted by Crippen LogP contribution is -1.94. The number of halogens is 2. The molecule has 64 valence electrons. The lowest BCUT2D eigenvalue weighted by Gasteiger charge is -2.05. The molecule has 0 fully saturated rings. The van der Waals surface area contributed by atoms with Crippen LogP contribution >= 0.6 is 34.2 Å². The topological polar surface area (TPSA) is 17.1 Å². The number of carbonyl (C=O) groups excluding carboxylic acids is 1. The molecule has 1 nitrogen and oxygen atoms in total. The van der Waals surface area contributed by atoms with Crippen molar-refractivity contribution in [3.05, 3.63) is 35.9 Å². The van der Waals surface area contributed by atoms with Crippen molar-refractivity contribution in [1.29, 1.82) is 0 Å². The molecule has 0 saturated carbocycles. The van der Waals surface area contributed by atoms with Gasteiger partial charge in [0.25, 0.3) is 0 Å². The van der Waals surface area contributed by atoms with Crippen molar-refractivity contribution < 1.29 is 4.79 Å². The lowest BCUT2D eigenvalue weighted by atomic mass is 10.1. The molecule has 0 spiro atoms. The van der Waals surface area contributed by atoms with Gasteiger partial charge in [-0.2, -0.15) is 0 Å². The Morgan fingerprint density at radius 2 is 2.00 bits per heavy atom. The highest BCUT2D eigenvalue weighted by Gasteiger charge is 2.09. The molecule has 1 atom stereocenters. The molecule has 12 heavy (non-hydrogen) atoms. The predicted molar refractivity (Wildman–Crippen MR) is 58.7 cm³/mol. The first-order chi connectivity index (χ1) is 5.70. The Morgan fingerprint density at radius 1 is 1.42 bits per heavy atom. The fourth-order valence-corrected chi connectivity index (χ4v) is 2.15. The van der Waals surface area contributed by atoms with E-state index in [1.165, 1.54) is 0 Å². The van der Waals surface area contributed by atoms with Crippen LogP contribution in [0.4, 0.5) is 0 Å². The van der Waals surface area contributed by atoms with Gasteiger partial charge >= 0.3 is 0 Å². The molecule has 1 unspecified atom stereocenters. The molecule has 0 heterocycles. The molecule has 1 aromatic rings. The molecule has 0 saturated heterocycles. The number of rotatable bonds is 3. The molecule has 1 aromatic carbocycles. The number of benzene rings is 1. The molecule has 1 rings (SSSR count). The summed E-state index contributed by atoms with van der Waals surface area (Å²) in [6.07, 6.45) is 0.395. The van der Waals surface area contributed by atoms with E-state index in [2.05, 4.69) is 22.6 Å². The van der Waals surface area contributed by atoms with Crippen molar-refractivity contribution in [3.63, 3.8) is 0 Å². The third kappa shape index (κ3) is 3.11. The first-order valence-corrected chi connectivity index (χ1v) is 5.20. The molecule has 0 bridgehead atoms. The summed E-state index contributed by atoms with van der Waals surface area (Å²) >= 11 is 7.50. The van der Waals surface area contributed by atoms with Crippen LogP contribution in [0, 0.1) is 0 Å². The first-order valence-electron chi connectivity index (χ1n) is 3.57. The zero-order valence-corrected chi connectivity index (χ0v) is 9.25. The van der Waals surface area contributed by atoms with Crippen LogP contribution in [0.3, 0.4) is 0 Å². The molecular formula is C9H8ClIO. The van der Waals surface area contributed by atoms with Crippen LogP contribution in [0.5, 0.6) is 0 Å². The SMILES string of the molecule is O=C(Cl)CC(I)c1ccccc1. The maximum absolute atomic E-state index is 10.6. The highest BCUT2D eigenvalue weighted by atomic mass is 127. The molecule has 0 aliphatic heterocycles. The van der Waals surface area contributed by atoms with E-state index in [4.69, 9.17) is 11.6 Å². The summed E-state index contributed by atoms with van der Waals surface area (Å²) in [5, 5.41) is -0.279. The van der Waals surface area contributed by atoms with Crippen molar-refractivity contribution in [3.8, 4) is 0 Å². The van der Waals surface area contributed by atoms with E-state index < -0.39 is 0 Å². The van der Waals surface area contributed by atoms with Crippen LogP contribution < -0.4 is 0 Å². The monoisotopic (exact) mass is 294 g/mol. The minimum absolute atomic E-state index is 0.189. The highest BCUT2D eigenvalue weighted by Crippen LogP contribution is 2.27. The van der Waals surface area contributed by atoms with Gasteiger partial charge in [-0.1, -0.05) is 52.9 Å². The van der Waals surface area contributed by atoms with Gasteiger partial charge in [0.1, 0.15) is 0 Å². The van der Waals surface area contributed by atoms with Crippen LogP contribution in [0.15, 0.2) is 30.3 Å². The zero-order valence-electron chi connectivity index (χ0n) is 6.34. The number of carbonyl (C=O) groups is 1. The van der Waals surface area contributed by atoms with Gasteiger partial charge in [0, 0.05) is 10.3 Å². The van der Waals surface area contributed by atoms with E-state index >= 15 is 0 Å². The third-order valence-corrected chi connectivity index (χ3v) is 2.81. The van der Waals surface area contributed by atoms with Crippen molar-refractivity contribution in [2.45, 2.75) is 10.3 Å². The van der Waals surface area contributed by atoms with Gasteiger partial charge in [-0.05, 0) is 17.2 Å². The maximum Gasteiger partial charge on any atom is 0.223 e. The largest absolute Gasteiger partial charge is 0.281 e. The fraction of sp³-hybridized carbons (Fsp3) is 0.222. The molecule has 0 aromatic heterocycles. The van der Waals surface area contributed by atoms with Crippen molar-refractivity contribution >= 4 is 39.4 Å². The van der Waals surface area contributed by atoms with Gasteiger partial charge in [-0.15, -0.1) is 0 Å². The normalized spacial score (nSPS) is 12.5. The second kappa shape index (κ2) is 4.82. The Labute approximate surface area is 90.3 Å². The molecule has 0 N–H and O–H groups in total. The van der Waals surface area contributed by atoms with E-state index in [-0.39, 0.29) is 9.17 Å². The smallest absolute Gasteiger partial charge is 0.223 e. The summed E-state index contributed by atoms with van der Waals surface area (Å²) in [4.78, 5) is 10.6. The van der Waals surface area contributed by atoms with Crippen LogP contribution in [0.2, 0.25) is 0 Å². The quantitative estimate of drug-likeness (QED) is 0.475. The second-order valence-corrected chi connectivity index (χ2v) is 4.36. The Balaban J connectivity index is 2.65. The number of hydrogen-bond acceptors (Lipinski definition) is 1. The summed E-state index contributed by atoms with van der Waals surface area (Å²) in [6.45, 7) is 0. The Bertz CT molecular complexity index is 260. The first kappa shape index (κ1) is 9.99. The van der Waals surface area contributed by atoms with Crippen LogP contribution in [-0.4, -0.2) is 5.24 Å². The summed E-state index contributed by atoms with van der Waals surface area (Å²) in [7, 11) is 0. The van der Waals surface area contributed by atoms with E-state index in [9.17, 15) is 4.79 Å². The zero-order chi connectivity index (χ0) is 8.97. The van der Waals surface area contributed by atoms with Crippen molar-refractivity contribution in [2.24, 2.45) is 0 Å². The summed E-state index contributed by atoms with van der Waals surface area (Å²) in [5.41, 5.74) is 1.15. The fourth-order valence-electron chi connectivity index (χ4n) is 0.921. The Hall–Kier alpha value is -0.0900. The summed E-state index contributed by atoms with van der Waals surface area (Å²) < 4.78 is 0.189. The van der Waals surface area contributed by atoms with Gasteiger partial charge in [-0.3, -0.25) is 4.79 Å². The lowest BCUT2D eigenvalue weighted by molar-refractivity contribution is -0.111. The van der Waals surface area contributed by atoms with Crippen LogP contribution in [0.1, 0.15) is 15.9 Å². The van der Waals surface area contributed by atoms with E-state index in [1.54, 1.807) is 0 Å². The molecule has 0 radical (unpaired) electrons. The molecule has 0 aliphatic carbocycles. The third-order valence-electron chi connectivity index (χ3n) is 1.50. The van der Waals surface area contributed by atoms with Gasteiger partial charge in [-0.25, -0.2) is 0 Å². The number of hydrogen-bond donors (Lipinski definition) is 0. The van der Waals surface area contributed by atoms with Crippen LogP contribution in [0.25, 0.3) is 0 Å². The van der Waals surface area contributed by atoms with Gasteiger partial charge in [0.05, 0.1) is 0 Å². The van der Waals surface area contributed by atoms with Gasteiger partial charge in [0.15, 0.2) is 0 Å². The van der Waals surface area contributed by atoms with Crippen LogP contribution in [-0.2, 0) is 4.79 Å². The average Bonchev–Trinajstić information content (AvgIpc) is 2.05. The standard InChI is InChI=1S/C9H8ClIO/c10-9(12)6-8(11)7-4-2-1-3-5-7/h1-5,8H,6H2. The molecule has 3 heteroatoms. The van der Waals surface area contributed by atoms with E-state index in [1.807, 2.05) is 30.3 Å². The predicted octanol–water partition coefficient (Wildman–Crippen LogP) is 3.32. The minimum atomic E-state index is -0.279. The molecular weight excluding hydrogens is 286 g/mol. The van der Waals surface area contributed by atoms with E-state index in [0.29, 0.717) is 6.42 Å². The Kier molecular flexibility index (Phi) is 4.01. The van der Waals surface area contributed by atoms with Gasteiger partial charge < -0.3 is 0 Å². The highest BCUT2D eigenvalue weighted by molar-refractivity contribution is 14.1. The van der Waals surface area contributed by atoms with Crippen molar-refractivity contribution in [1.82, 2.24) is 0 Å². The maximum atomic E-state index is 10.6. The van der Waals surface area contributed by atoms with Crippen molar-refractivity contribution in [2.75, 3.05) is 0 Å².